The molecule has 0 saturated heterocycles. The average Bonchev–Trinajstić information content (AvgIpc) is 2.66. The van der Waals surface area contributed by atoms with Gasteiger partial charge >= 0.3 is 5.97 Å². The minimum Gasteiger partial charge on any atom is -0.478 e. The zero-order chi connectivity index (χ0) is 11.1. The molecule has 0 aliphatic heterocycles. The first-order valence-electron chi connectivity index (χ1n) is 4.61. The molecule has 0 amide bonds. The van der Waals surface area contributed by atoms with Gasteiger partial charge in [0, 0.05) is 21.7 Å². The molecule has 0 unspecified atom stereocenters. The summed E-state index contributed by atoms with van der Waals surface area (Å²) in [4.78, 5) is 19.8. The van der Waals surface area contributed by atoms with Crippen LogP contribution in [0.15, 0.2) is 30.7 Å². The van der Waals surface area contributed by atoms with Crippen molar-refractivity contribution in [3.8, 4) is 0 Å². The van der Waals surface area contributed by atoms with Crippen LogP contribution in [0.5, 0.6) is 0 Å². The molecule has 3 aromatic rings. The van der Waals surface area contributed by atoms with Crippen LogP contribution in [-0.4, -0.2) is 21.0 Å². The fourth-order valence-corrected chi connectivity index (χ4v) is 2.71. The van der Waals surface area contributed by atoms with Gasteiger partial charge in [0.1, 0.15) is 11.2 Å². The molecule has 0 bridgehead atoms. The van der Waals surface area contributed by atoms with E-state index in [0.717, 1.165) is 20.3 Å². The largest absolute Gasteiger partial charge is 0.478 e. The summed E-state index contributed by atoms with van der Waals surface area (Å²) in [6, 6.07) is 5.08. The molecular weight excluding hydrogens is 224 g/mol. The Labute approximate surface area is 94.2 Å². The summed E-state index contributed by atoms with van der Waals surface area (Å²) >= 11 is 1.48. The van der Waals surface area contributed by atoms with Crippen molar-refractivity contribution in [3.05, 3.63) is 36.3 Å². The Morgan fingerprint density at radius 3 is 3.00 bits per heavy atom. The minimum absolute atomic E-state index is 0.298. The van der Waals surface area contributed by atoms with E-state index in [1.165, 1.54) is 17.7 Å². The van der Waals surface area contributed by atoms with E-state index in [2.05, 4.69) is 9.97 Å². The van der Waals surface area contributed by atoms with Crippen molar-refractivity contribution in [2.75, 3.05) is 0 Å². The van der Waals surface area contributed by atoms with E-state index in [1.807, 2.05) is 0 Å². The van der Waals surface area contributed by atoms with Crippen molar-refractivity contribution in [3.63, 3.8) is 0 Å². The van der Waals surface area contributed by atoms with Gasteiger partial charge in [-0.15, -0.1) is 11.3 Å². The van der Waals surface area contributed by atoms with Crippen molar-refractivity contribution < 1.29 is 9.90 Å². The molecule has 0 aliphatic carbocycles. The zero-order valence-corrected chi connectivity index (χ0v) is 8.86. The number of thiophene rings is 1. The number of aromatic carboxylic acids is 1. The second-order valence-corrected chi connectivity index (χ2v) is 4.39. The maximum atomic E-state index is 10.8. The average molecular weight is 230 g/mol. The quantitative estimate of drug-likeness (QED) is 0.697. The molecule has 2 aromatic heterocycles. The molecule has 0 spiro atoms. The van der Waals surface area contributed by atoms with Crippen LogP contribution < -0.4 is 0 Å². The second-order valence-electron chi connectivity index (χ2n) is 3.36. The number of hydrogen-bond acceptors (Lipinski definition) is 4. The van der Waals surface area contributed by atoms with E-state index in [1.54, 1.807) is 24.4 Å². The summed E-state index contributed by atoms with van der Waals surface area (Å²) < 4.78 is 0.926. The first-order chi connectivity index (χ1) is 7.75. The lowest BCUT2D eigenvalue weighted by molar-refractivity contribution is 0.0697. The highest BCUT2D eigenvalue weighted by Gasteiger charge is 2.09. The molecule has 1 N–H and O–H groups in total. The van der Waals surface area contributed by atoms with Crippen LogP contribution in [-0.2, 0) is 0 Å². The molecule has 2 heterocycles. The highest BCUT2D eigenvalue weighted by molar-refractivity contribution is 7.25. The van der Waals surface area contributed by atoms with Crippen LogP contribution in [0, 0.1) is 0 Å². The van der Waals surface area contributed by atoms with E-state index >= 15 is 0 Å². The summed E-state index contributed by atoms with van der Waals surface area (Å²) in [5.41, 5.74) is 0.298. The van der Waals surface area contributed by atoms with Gasteiger partial charge in [-0.25, -0.2) is 14.8 Å². The van der Waals surface area contributed by atoms with E-state index in [-0.39, 0.29) is 0 Å². The maximum absolute atomic E-state index is 10.8. The number of carbonyl (C=O) groups is 1. The molecule has 5 heteroatoms. The normalized spacial score (nSPS) is 11.0. The molecule has 0 fully saturated rings. The fourth-order valence-electron chi connectivity index (χ4n) is 1.65. The number of benzene rings is 1. The van der Waals surface area contributed by atoms with Crippen molar-refractivity contribution in [2.24, 2.45) is 0 Å². The monoisotopic (exact) mass is 230 g/mol. The Morgan fingerprint density at radius 1 is 1.31 bits per heavy atom. The standard InChI is InChI=1S/C11H6N2O2S/c14-11(15)6-1-2-7-8-4-12-5-13-10(8)16-9(7)3-6/h1-5H,(H,14,15). The Hall–Kier alpha value is -2.01. The molecule has 3 rings (SSSR count). The summed E-state index contributed by atoms with van der Waals surface area (Å²) in [5.74, 6) is -0.912. The molecule has 4 nitrogen and oxygen atoms in total. The van der Waals surface area contributed by atoms with E-state index < -0.39 is 5.97 Å². The van der Waals surface area contributed by atoms with Gasteiger partial charge in [-0.2, -0.15) is 0 Å². The summed E-state index contributed by atoms with van der Waals surface area (Å²) in [6.45, 7) is 0. The predicted molar refractivity (Wildman–Crippen MR) is 61.9 cm³/mol. The number of nitrogens with zero attached hydrogens (tertiary/aromatic N) is 2. The van der Waals surface area contributed by atoms with Gasteiger partial charge in [0.05, 0.1) is 5.56 Å². The molecule has 16 heavy (non-hydrogen) atoms. The molecule has 0 radical (unpaired) electrons. The van der Waals surface area contributed by atoms with Gasteiger partial charge in [0.2, 0.25) is 0 Å². The van der Waals surface area contributed by atoms with Gasteiger partial charge in [-0.3, -0.25) is 0 Å². The smallest absolute Gasteiger partial charge is 0.335 e. The minimum atomic E-state index is -0.912. The third-order valence-corrected chi connectivity index (χ3v) is 3.48. The van der Waals surface area contributed by atoms with Crippen LogP contribution in [0.2, 0.25) is 0 Å². The molecule has 0 aliphatic rings. The molecule has 78 valence electrons. The lowest BCUT2D eigenvalue weighted by Crippen LogP contribution is -1.94. The lowest BCUT2D eigenvalue weighted by Gasteiger charge is -1.93. The van der Waals surface area contributed by atoms with Crippen molar-refractivity contribution in [1.82, 2.24) is 9.97 Å². The Kier molecular flexibility index (Phi) is 1.87. The topological polar surface area (TPSA) is 63.1 Å². The van der Waals surface area contributed by atoms with Crippen molar-refractivity contribution >= 4 is 37.6 Å². The summed E-state index contributed by atoms with van der Waals surface area (Å²) in [6.07, 6.45) is 3.25. The Balaban J connectivity index is 2.41. The second kappa shape index (κ2) is 3.24. The third kappa shape index (κ3) is 1.25. The SMILES string of the molecule is O=C(O)c1ccc2c(c1)sc1ncncc12. The molecular formula is C11H6N2O2S. The third-order valence-electron chi connectivity index (χ3n) is 2.40. The van der Waals surface area contributed by atoms with Crippen LogP contribution in [0.4, 0.5) is 0 Å². The van der Waals surface area contributed by atoms with Gasteiger partial charge in [-0.1, -0.05) is 6.07 Å². The fraction of sp³-hybridized carbons (Fsp3) is 0. The number of carboxylic acids is 1. The first-order valence-corrected chi connectivity index (χ1v) is 5.43. The van der Waals surface area contributed by atoms with Gasteiger partial charge in [0.15, 0.2) is 0 Å². The summed E-state index contributed by atoms with van der Waals surface area (Å²) in [5, 5.41) is 10.9. The number of carboxylic acid groups (broad SMARTS) is 1. The van der Waals surface area contributed by atoms with E-state index in [0.29, 0.717) is 5.56 Å². The van der Waals surface area contributed by atoms with Gasteiger partial charge in [-0.05, 0) is 12.1 Å². The van der Waals surface area contributed by atoms with Crippen LogP contribution in [0.25, 0.3) is 20.3 Å². The van der Waals surface area contributed by atoms with E-state index in [4.69, 9.17) is 5.11 Å². The molecule has 0 saturated carbocycles. The molecule has 0 atom stereocenters. The highest BCUT2D eigenvalue weighted by Crippen LogP contribution is 2.32. The number of aromatic nitrogens is 2. The Morgan fingerprint density at radius 2 is 2.19 bits per heavy atom. The van der Waals surface area contributed by atoms with Crippen molar-refractivity contribution in [2.45, 2.75) is 0 Å². The van der Waals surface area contributed by atoms with Crippen LogP contribution >= 0.6 is 11.3 Å². The number of fused-ring (bicyclic) bond motifs is 3. The first kappa shape index (κ1) is 9.23. The van der Waals surface area contributed by atoms with E-state index in [9.17, 15) is 4.79 Å². The highest BCUT2D eigenvalue weighted by atomic mass is 32.1. The lowest BCUT2D eigenvalue weighted by atomic mass is 10.1. The van der Waals surface area contributed by atoms with Crippen LogP contribution in [0.3, 0.4) is 0 Å². The Bertz CT molecular complexity index is 705. The molecule has 1 aromatic carbocycles. The van der Waals surface area contributed by atoms with Gasteiger partial charge < -0.3 is 5.11 Å². The van der Waals surface area contributed by atoms with Gasteiger partial charge in [0.25, 0.3) is 0 Å². The van der Waals surface area contributed by atoms with Crippen LogP contribution in [0.1, 0.15) is 10.4 Å². The number of rotatable bonds is 1. The maximum Gasteiger partial charge on any atom is 0.335 e. The predicted octanol–water partition coefficient (Wildman–Crippen LogP) is 2.54. The zero-order valence-electron chi connectivity index (χ0n) is 8.04. The van der Waals surface area contributed by atoms with Crippen molar-refractivity contribution in [1.29, 1.82) is 0 Å². The summed E-state index contributed by atoms with van der Waals surface area (Å²) in [7, 11) is 0. The number of hydrogen-bond donors (Lipinski definition) is 1.